The number of aromatic hydroxyl groups is 2. The van der Waals surface area contributed by atoms with Crippen molar-refractivity contribution in [2.75, 3.05) is 70.4 Å². The quantitative estimate of drug-likeness (QED) is 0.0127. The molecule has 53 nitrogen and oxygen atoms in total. The van der Waals surface area contributed by atoms with E-state index in [1.807, 2.05) is 0 Å². The highest BCUT2D eigenvalue weighted by molar-refractivity contribution is 7.80. The van der Waals surface area contributed by atoms with Crippen LogP contribution < -0.4 is 142 Å². The van der Waals surface area contributed by atoms with Gasteiger partial charge in [0.15, 0.2) is 11.9 Å². The minimum atomic E-state index is -1.97. The number of hydrogen-bond acceptors (Lipinski definition) is 32. The predicted octanol–water partition coefficient (Wildman–Crippen LogP) is -8.76. The molecule has 0 aromatic heterocycles. The molecule has 2 fully saturated rings. The fourth-order valence-electron chi connectivity index (χ4n) is 16.5. The molecule has 0 radical (unpaired) electrons. The third-order valence-electron chi connectivity index (χ3n) is 25.6. The Bertz CT molecular complexity index is 4830. The number of aliphatic hydroxyl groups excluding tert-OH is 1. The maximum absolute atomic E-state index is 15.0. The van der Waals surface area contributed by atoms with Crippen LogP contribution in [-0.4, -0.2) is 340 Å². The molecule has 0 spiro atoms. The van der Waals surface area contributed by atoms with Gasteiger partial charge in [0.05, 0.1) is 18.6 Å². The maximum atomic E-state index is 15.0. The van der Waals surface area contributed by atoms with Crippen molar-refractivity contribution in [2.24, 2.45) is 69.4 Å². The van der Waals surface area contributed by atoms with Crippen LogP contribution in [0, 0.1) is 28.6 Å². The number of carboxylic acids is 1. The number of nitrogens with one attached hydrogen (secondary N) is 19. The lowest BCUT2D eigenvalue weighted by Gasteiger charge is -2.34. The SMILES string of the molecule is CC[C@H](C)[C@H](NC(=O)[C@@H](NC(=O)[C@@H]1CCCN1C(=O)[C@@H](NC(=O)[C@@H]1CCCN1C(=O)[C@@H](N)CCCCN)C(C)C)[C@@H](C)CC)C(=O)N[C@@H](Cc1ccc(O)cc1)C(=O)N[C@@H](CS)C(=O)N[C@@H](CC(N)=O)C(=O)N[C@@H](CCCNC(=N)N)C(=O)N[C@@H](CCN)C(=O)N[C@H](C(=O)N[C@H](CCN)C(=O)N[C@@H](CCCCN)C(=O)N[C@@H](CS)C(=O)N[C@@H](CCN)C(=O)N[C@@H](CCCNC(=N)N)C(=O)N[C@@H](Cc1ccc(O)cc1)C(=O)O)[C@@H](C)O. The summed E-state index contributed by atoms with van der Waals surface area (Å²) < 4.78 is 0. The Kier molecular flexibility index (Phi) is 57.9. The molecule has 2 aromatic carbocycles. The molecule has 840 valence electrons. The Labute approximate surface area is 883 Å². The highest BCUT2D eigenvalue weighted by Gasteiger charge is 2.46. The standard InChI is InChI=1S/C95H160N30O23S2/c1-8-50(5)73(122-89(143)74(51(6)9-2)121-87(141)70-23-17-43-125(70)92(146)72(49(3)4)120-86(140)69-22-16-42-124(69)91(145)57(101)18-10-12-35-96)88(142)116-64(44-53-24-28-55(127)29-25-53)82(136)119-68(48-150)85(139)115-65(46-71(102)129)83(137)111-59(20-14-40-107-94(103)104)76(130)112-63(34-39-100)81(135)123-75(52(7)126)90(144)114-62(33-38-99)80(134)109-58(19-11-13-36-97)78(132)118-67(47-149)84(138)113-61(32-37-98)79(133)110-60(21-15-41-108-95(105)106)77(131)117-66(93(147)148)45-54-26-30-56(128)31-27-54/h24-31,49-52,57-70,72-75,126-128,149-150H,8-23,32-48,96-101H2,1-7H3,(H2,102,129)(H,109,134)(H,110,133)(H,111,137)(H,112,130)(H,113,138)(H,114,144)(H,115,139)(H,116,142)(H,117,131)(H,118,132)(H,119,136)(H,120,140)(H,121,141)(H,122,143)(H,123,135)(H,147,148)(H4,103,104,107)(H4,105,106,108)/t50-,51-,52+,57-,58-,59-,60-,61-,62+,63-,64-,65-,66-,67-,68-,69-,70-,72-,73-,74-,75-/m0/s1. The van der Waals surface area contributed by atoms with Gasteiger partial charge >= 0.3 is 5.97 Å². The Morgan fingerprint density at radius 1 is 0.373 bits per heavy atom. The van der Waals surface area contributed by atoms with E-state index < -0.39 is 275 Å². The summed E-state index contributed by atoms with van der Waals surface area (Å²) in [5.41, 5.74) is 52.9. The molecule has 150 heavy (non-hydrogen) atoms. The van der Waals surface area contributed by atoms with Crippen molar-refractivity contribution in [3.05, 3.63) is 59.7 Å². The van der Waals surface area contributed by atoms with Crippen LogP contribution in [-0.2, 0) is 104 Å². The number of guanidine groups is 2. The van der Waals surface area contributed by atoms with Crippen LogP contribution in [0.5, 0.6) is 11.5 Å². The number of carbonyl (C=O) groups is 19. The molecule has 4 rings (SSSR count). The molecular formula is C95H160N30O23S2. The lowest BCUT2D eigenvalue weighted by molar-refractivity contribution is -0.145. The second kappa shape index (κ2) is 67.2. The average molecular weight is 2150 g/mol. The van der Waals surface area contributed by atoms with Crippen LogP contribution in [0.15, 0.2) is 48.5 Å². The summed E-state index contributed by atoms with van der Waals surface area (Å²) >= 11 is 8.61. The third kappa shape index (κ3) is 43.5. The Hall–Kier alpha value is -13.1. The number of rotatable bonds is 69. The van der Waals surface area contributed by atoms with Crippen LogP contribution >= 0.6 is 25.3 Å². The number of unbranched alkanes of at least 4 members (excludes halogenated alkanes) is 2. The number of amides is 18. The normalized spacial score (nSPS) is 17.1. The lowest BCUT2D eigenvalue weighted by Crippen LogP contribution is -2.63. The summed E-state index contributed by atoms with van der Waals surface area (Å²) in [6.07, 6.45) is -0.897. The number of nitrogens with zero attached hydrogens (tertiary/aromatic N) is 2. The highest BCUT2D eigenvalue weighted by Crippen LogP contribution is 2.26. The van der Waals surface area contributed by atoms with Gasteiger partial charge < -0.3 is 172 Å². The number of phenols is 2. The van der Waals surface area contributed by atoms with E-state index in [4.69, 9.17) is 62.4 Å². The van der Waals surface area contributed by atoms with Gasteiger partial charge in [-0.05, 0) is 196 Å². The zero-order valence-corrected chi connectivity index (χ0v) is 88.0. The molecule has 2 aliphatic rings. The topological polar surface area (TPSA) is 898 Å². The third-order valence-corrected chi connectivity index (χ3v) is 26.3. The summed E-state index contributed by atoms with van der Waals surface area (Å²) in [5, 5.41) is 99.7. The van der Waals surface area contributed by atoms with Crippen LogP contribution in [0.4, 0.5) is 0 Å². The van der Waals surface area contributed by atoms with E-state index in [1.54, 1.807) is 41.5 Å². The highest BCUT2D eigenvalue weighted by atomic mass is 32.1. The van der Waals surface area contributed by atoms with Gasteiger partial charge in [-0.15, -0.1) is 0 Å². The molecule has 0 saturated carbocycles. The van der Waals surface area contributed by atoms with Crippen molar-refractivity contribution in [1.29, 1.82) is 10.8 Å². The maximum Gasteiger partial charge on any atom is 0.326 e. The minimum absolute atomic E-state index is 0.0401. The average Bonchev–Trinajstić information content (AvgIpc) is 1.64. The number of likely N-dealkylation sites (tertiary alicyclic amines) is 2. The Balaban J connectivity index is 1.55. The van der Waals surface area contributed by atoms with Gasteiger partial charge in [0.25, 0.3) is 0 Å². The number of carbonyl (C=O) groups excluding carboxylic acids is 18. The van der Waals surface area contributed by atoms with Gasteiger partial charge in [-0.25, -0.2) is 4.79 Å². The van der Waals surface area contributed by atoms with Gasteiger partial charge in [0, 0.05) is 50.5 Å². The first-order valence-corrected chi connectivity index (χ1v) is 51.9. The Morgan fingerprint density at radius 3 is 1.05 bits per heavy atom. The van der Waals surface area contributed by atoms with Crippen molar-refractivity contribution in [3.8, 4) is 11.5 Å². The zero-order valence-electron chi connectivity index (χ0n) is 86.2. The van der Waals surface area contributed by atoms with Crippen LogP contribution in [0.1, 0.15) is 188 Å². The number of primary amides is 1. The number of carboxylic acid groups (broad SMARTS) is 1. The summed E-state index contributed by atoms with van der Waals surface area (Å²) in [4.78, 5) is 273. The smallest absolute Gasteiger partial charge is 0.326 e. The summed E-state index contributed by atoms with van der Waals surface area (Å²) in [6.45, 7) is 11.4. The molecule has 55 heteroatoms. The van der Waals surface area contributed by atoms with E-state index in [2.05, 4.69) is 116 Å². The fraction of sp³-hybridized carbons (Fsp3) is 0.653. The van der Waals surface area contributed by atoms with Gasteiger partial charge in [-0.3, -0.25) is 97.1 Å². The van der Waals surface area contributed by atoms with Crippen molar-refractivity contribution >= 4 is 149 Å². The molecule has 2 aromatic rings. The molecule has 2 heterocycles. The molecule has 41 N–H and O–H groups in total. The number of benzene rings is 2. The number of aliphatic carboxylic acids is 1. The van der Waals surface area contributed by atoms with Gasteiger partial charge in [0.1, 0.15) is 114 Å². The van der Waals surface area contributed by atoms with Gasteiger partial charge in [0.2, 0.25) is 106 Å². The van der Waals surface area contributed by atoms with Crippen molar-refractivity contribution in [1.82, 2.24) is 100 Å². The summed E-state index contributed by atoms with van der Waals surface area (Å²) in [6, 6.07) is -15.8. The number of phenolic OH excluding ortho intramolecular Hbond substituents is 2. The first-order valence-electron chi connectivity index (χ1n) is 50.6. The number of nitrogens with two attached hydrogens (primary N) is 9. The number of aliphatic hydroxyl groups is 1. The largest absolute Gasteiger partial charge is 0.508 e. The molecule has 21 atom stereocenters. The summed E-state index contributed by atoms with van der Waals surface area (Å²) in [7, 11) is 0. The van der Waals surface area contributed by atoms with E-state index in [1.165, 1.54) is 58.3 Å². The van der Waals surface area contributed by atoms with Crippen molar-refractivity contribution in [2.45, 2.75) is 305 Å². The molecule has 2 saturated heterocycles. The molecule has 0 unspecified atom stereocenters. The Morgan fingerprint density at radius 2 is 0.680 bits per heavy atom. The van der Waals surface area contributed by atoms with Crippen molar-refractivity contribution in [3.63, 3.8) is 0 Å². The van der Waals surface area contributed by atoms with Crippen LogP contribution in [0.25, 0.3) is 0 Å². The number of thiol groups is 2. The zero-order chi connectivity index (χ0) is 112. The molecule has 0 bridgehead atoms. The predicted molar refractivity (Wildman–Crippen MR) is 560 cm³/mol. The van der Waals surface area contributed by atoms with E-state index in [9.17, 15) is 112 Å². The van der Waals surface area contributed by atoms with Gasteiger partial charge in [-0.1, -0.05) is 85.1 Å². The molecular weight excluding hydrogens is 1990 g/mol. The van der Waals surface area contributed by atoms with Crippen LogP contribution in [0.2, 0.25) is 0 Å². The monoisotopic (exact) mass is 2150 g/mol. The van der Waals surface area contributed by atoms with Crippen LogP contribution in [0.3, 0.4) is 0 Å². The second-order valence-electron chi connectivity index (χ2n) is 37.7. The summed E-state index contributed by atoms with van der Waals surface area (Å²) in [5.74, 6) is -22.5. The van der Waals surface area contributed by atoms with E-state index in [-0.39, 0.29) is 140 Å². The minimum Gasteiger partial charge on any atom is -0.508 e. The lowest BCUT2D eigenvalue weighted by atomic mass is 9.94. The number of hydrogen-bond donors (Lipinski definition) is 34. The fourth-order valence-corrected chi connectivity index (χ4v) is 17.0. The van der Waals surface area contributed by atoms with E-state index in [0.717, 1.165) is 6.92 Å². The molecule has 0 aliphatic carbocycles. The first kappa shape index (κ1) is 129. The van der Waals surface area contributed by atoms with E-state index in [0.29, 0.717) is 75.6 Å². The second-order valence-corrected chi connectivity index (χ2v) is 38.5. The van der Waals surface area contributed by atoms with Gasteiger partial charge in [-0.2, -0.15) is 25.3 Å². The molecule has 2 aliphatic heterocycles. The molecule has 18 amide bonds. The van der Waals surface area contributed by atoms with E-state index >= 15 is 0 Å². The first-order chi connectivity index (χ1) is 71.1. The van der Waals surface area contributed by atoms with Crippen molar-refractivity contribution < 1.29 is 112 Å².